The predicted molar refractivity (Wildman–Crippen MR) is 51.0 cm³/mol. The van der Waals surface area contributed by atoms with Crippen molar-refractivity contribution in [2.75, 3.05) is 13.2 Å². The van der Waals surface area contributed by atoms with Gasteiger partial charge in [-0.2, -0.15) is 0 Å². The molecule has 0 aromatic rings. The van der Waals surface area contributed by atoms with Gasteiger partial charge in [0.1, 0.15) is 0 Å². The molecule has 0 aromatic heterocycles. The molecule has 1 aliphatic carbocycles. The molecular weight excluding hydrogens is 150 g/mol. The van der Waals surface area contributed by atoms with Gasteiger partial charge in [-0.3, -0.25) is 0 Å². The minimum absolute atomic E-state index is 0.297. The van der Waals surface area contributed by atoms with Gasteiger partial charge in [-0.1, -0.05) is 19.8 Å². The largest absolute Gasteiger partial charge is 0.377 e. The van der Waals surface area contributed by atoms with Crippen LogP contribution in [0.3, 0.4) is 0 Å². The van der Waals surface area contributed by atoms with Crippen molar-refractivity contribution in [3.8, 4) is 0 Å². The van der Waals surface area contributed by atoms with E-state index in [1.165, 1.54) is 25.7 Å². The SMILES string of the molecule is CCC(CN)OCC1CCCC1. The highest BCUT2D eigenvalue weighted by Crippen LogP contribution is 2.25. The molecule has 1 saturated carbocycles. The molecular formula is C10H21NO. The van der Waals surface area contributed by atoms with Crippen LogP contribution in [0, 0.1) is 5.92 Å². The highest BCUT2D eigenvalue weighted by Gasteiger charge is 2.16. The summed E-state index contributed by atoms with van der Waals surface area (Å²) in [5.41, 5.74) is 5.54. The maximum Gasteiger partial charge on any atom is 0.0694 e. The van der Waals surface area contributed by atoms with Gasteiger partial charge < -0.3 is 10.5 Å². The van der Waals surface area contributed by atoms with E-state index in [0.29, 0.717) is 12.6 Å². The summed E-state index contributed by atoms with van der Waals surface area (Å²) in [6.45, 7) is 3.74. The summed E-state index contributed by atoms with van der Waals surface area (Å²) in [4.78, 5) is 0. The van der Waals surface area contributed by atoms with Gasteiger partial charge in [0.2, 0.25) is 0 Å². The van der Waals surface area contributed by atoms with Crippen molar-refractivity contribution in [2.45, 2.75) is 45.1 Å². The number of hydrogen-bond donors (Lipinski definition) is 1. The fourth-order valence-corrected chi connectivity index (χ4v) is 1.80. The Morgan fingerprint density at radius 3 is 2.58 bits per heavy atom. The van der Waals surface area contributed by atoms with Gasteiger partial charge in [0.25, 0.3) is 0 Å². The smallest absolute Gasteiger partial charge is 0.0694 e. The minimum Gasteiger partial charge on any atom is -0.377 e. The second-order valence-electron chi connectivity index (χ2n) is 3.75. The summed E-state index contributed by atoms with van der Waals surface area (Å²) in [6, 6.07) is 0. The number of rotatable bonds is 5. The van der Waals surface area contributed by atoms with E-state index in [4.69, 9.17) is 10.5 Å². The Kier molecular flexibility index (Phi) is 4.62. The van der Waals surface area contributed by atoms with Crippen LogP contribution in [0.2, 0.25) is 0 Å². The van der Waals surface area contributed by atoms with E-state index >= 15 is 0 Å². The number of hydrogen-bond acceptors (Lipinski definition) is 2. The predicted octanol–water partition coefficient (Wildman–Crippen LogP) is 1.93. The van der Waals surface area contributed by atoms with E-state index in [1.807, 2.05) is 0 Å². The normalized spacial score (nSPS) is 21.5. The van der Waals surface area contributed by atoms with Crippen LogP contribution in [-0.4, -0.2) is 19.3 Å². The molecule has 1 atom stereocenters. The molecule has 2 N–H and O–H groups in total. The highest BCUT2D eigenvalue weighted by molar-refractivity contribution is 4.67. The summed E-state index contributed by atoms with van der Waals surface area (Å²) in [5.74, 6) is 0.825. The van der Waals surface area contributed by atoms with E-state index in [0.717, 1.165) is 18.9 Å². The molecule has 1 fully saturated rings. The monoisotopic (exact) mass is 171 g/mol. The van der Waals surface area contributed by atoms with Crippen molar-refractivity contribution in [3.05, 3.63) is 0 Å². The maximum absolute atomic E-state index is 5.70. The quantitative estimate of drug-likeness (QED) is 0.686. The summed E-state index contributed by atoms with van der Waals surface area (Å²) in [5, 5.41) is 0. The Labute approximate surface area is 75.5 Å². The van der Waals surface area contributed by atoms with Crippen LogP contribution < -0.4 is 5.73 Å². The first-order chi connectivity index (χ1) is 5.86. The van der Waals surface area contributed by atoms with E-state index in [9.17, 15) is 0 Å². The number of ether oxygens (including phenoxy) is 1. The van der Waals surface area contributed by atoms with E-state index in [2.05, 4.69) is 6.92 Å². The molecule has 2 heteroatoms. The van der Waals surface area contributed by atoms with E-state index in [-0.39, 0.29) is 0 Å². The van der Waals surface area contributed by atoms with Crippen LogP contribution in [0.1, 0.15) is 39.0 Å². The number of nitrogens with two attached hydrogens (primary N) is 1. The molecule has 0 heterocycles. The van der Waals surface area contributed by atoms with E-state index in [1.54, 1.807) is 0 Å². The summed E-state index contributed by atoms with van der Waals surface area (Å²) in [7, 11) is 0. The second kappa shape index (κ2) is 5.55. The Morgan fingerprint density at radius 2 is 2.08 bits per heavy atom. The Balaban J connectivity index is 2.06. The fourth-order valence-electron chi connectivity index (χ4n) is 1.80. The van der Waals surface area contributed by atoms with Crippen molar-refractivity contribution >= 4 is 0 Å². The third kappa shape index (κ3) is 3.11. The van der Waals surface area contributed by atoms with Crippen molar-refractivity contribution < 1.29 is 4.74 Å². The van der Waals surface area contributed by atoms with Crippen LogP contribution >= 0.6 is 0 Å². The molecule has 2 nitrogen and oxygen atoms in total. The van der Waals surface area contributed by atoms with Gasteiger partial charge in [0.15, 0.2) is 0 Å². The molecule has 0 spiro atoms. The van der Waals surface area contributed by atoms with Gasteiger partial charge in [0, 0.05) is 13.2 Å². The molecule has 0 amide bonds. The lowest BCUT2D eigenvalue weighted by atomic mass is 10.1. The third-order valence-corrected chi connectivity index (χ3v) is 2.76. The van der Waals surface area contributed by atoms with E-state index < -0.39 is 0 Å². The van der Waals surface area contributed by atoms with Gasteiger partial charge in [-0.05, 0) is 25.2 Å². The lowest BCUT2D eigenvalue weighted by Gasteiger charge is -2.16. The van der Waals surface area contributed by atoms with Crippen LogP contribution in [-0.2, 0) is 4.74 Å². The highest BCUT2D eigenvalue weighted by atomic mass is 16.5. The van der Waals surface area contributed by atoms with Gasteiger partial charge in [-0.15, -0.1) is 0 Å². The zero-order valence-electron chi connectivity index (χ0n) is 8.09. The van der Waals surface area contributed by atoms with Crippen molar-refractivity contribution in [1.29, 1.82) is 0 Å². The zero-order valence-corrected chi connectivity index (χ0v) is 8.09. The molecule has 0 saturated heterocycles. The summed E-state index contributed by atoms with van der Waals surface area (Å²) in [6.07, 6.45) is 6.86. The topological polar surface area (TPSA) is 35.2 Å². The Morgan fingerprint density at radius 1 is 1.42 bits per heavy atom. The fraction of sp³-hybridized carbons (Fsp3) is 1.00. The summed E-state index contributed by atoms with van der Waals surface area (Å²) >= 11 is 0. The van der Waals surface area contributed by atoms with Crippen molar-refractivity contribution in [2.24, 2.45) is 11.7 Å². The van der Waals surface area contributed by atoms with Crippen molar-refractivity contribution in [3.63, 3.8) is 0 Å². The molecule has 1 aliphatic rings. The second-order valence-corrected chi connectivity index (χ2v) is 3.75. The lowest BCUT2D eigenvalue weighted by Crippen LogP contribution is -2.25. The minimum atomic E-state index is 0.297. The van der Waals surface area contributed by atoms with Gasteiger partial charge in [-0.25, -0.2) is 0 Å². The molecule has 12 heavy (non-hydrogen) atoms. The molecule has 1 unspecified atom stereocenters. The molecule has 0 aromatic carbocycles. The maximum atomic E-state index is 5.70. The lowest BCUT2D eigenvalue weighted by molar-refractivity contribution is 0.0335. The van der Waals surface area contributed by atoms with Crippen LogP contribution in [0.15, 0.2) is 0 Å². The average molecular weight is 171 g/mol. The first kappa shape index (κ1) is 10.0. The average Bonchev–Trinajstić information content (AvgIpc) is 2.59. The third-order valence-electron chi connectivity index (χ3n) is 2.76. The Bertz CT molecular complexity index is 104. The van der Waals surface area contributed by atoms with Crippen LogP contribution in [0.5, 0.6) is 0 Å². The molecule has 0 bridgehead atoms. The van der Waals surface area contributed by atoms with Crippen LogP contribution in [0.4, 0.5) is 0 Å². The first-order valence-corrected chi connectivity index (χ1v) is 5.18. The molecule has 0 aliphatic heterocycles. The van der Waals surface area contributed by atoms with Gasteiger partial charge >= 0.3 is 0 Å². The molecule has 72 valence electrons. The molecule has 1 rings (SSSR count). The summed E-state index contributed by atoms with van der Waals surface area (Å²) < 4.78 is 5.70. The van der Waals surface area contributed by atoms with Crippen molar-refractivity contribution in [1.82, 2.24) is 0 Å². The zero-order chi connectivity index (χ0) is 8.81. The molecule has 0 radical (unpaired) electrons. The standard InChI is InChI=1S/C10H21NO/c1-2-10(7-11)12-8-9-5-3-4-6-9/h9-10H,2-8,11H2,1H3. The van der Waals surface area contributed by atoms with Crippen LogP contribution in [0.25, 0.3) is 0 Å². The van der Waals surface area contributed by atoms with Gasteiger partial charge in [0.05, 0.1) is 6.10 Å². The Hall–Kier alpha value is -0.0800. The first-order valence-electron chi connectivity index (χ1n) is 5.18.